The van der Waals surface area contributed by atoms with Crippen LogP contribution < -0.4 is 5.32 Å². The number of halogens is 1. The zero-order valence-corrected chi connectivity index (χ0v) is 13.6. The first kappa shape index (κ1) is 17.4. The predicted molar refractivity (Wildman–Crippen MR) is 81.9 cm³/mol. The molecule has 0 aromatic carbocycles. The summed E-state index contributed by atoms with van der Waals surface area (Å²) < 4.78 is 5.37. The highest BCUT2D eigenvalue weighted by atomic mass is 79.9. The number of esters is 1. The molecule has 1 aromatic rings. The molecule has 8 heteroatoms. The van der Waals surface area contributed by atoms with Crippen LogP contribution in [0.3, 0.4) is 0 Å². The van der Waals surface area contributed by atoms with E-state index in [-0.39, 0.29) is 12.8 Å². The van der Waals surface area contributed by atoms with Crippen molar-refractivity contribution in [2.75, 3.05) is 7.11 Å². The number of hydrogen-bond acceptors (Lipinski definition) is 5. The maximum atomic E-state index is 11.7. The number of amides is 1. The molecule has 0 radical (unpaired) electrons. The first-order valence-electron chi connectivity index (χ1n) is 5.96. The Morgan fingerprint density at radius 2 is 2.19 bits per heavy atom. The number of carboxylic acids is 1. The van der Waals surface area contributed by atoms with E-state index in [1.165, 1.54) is 24.5 Å². The SMILES string of the molecule is COC(=O)CCC(NC(=O)/C=C/c1ccc(Br)s1)C(=O)O. The minimum absolute atomic E-state index is 0.0217. The number of carbonyl (C=O) groups is 3. The van der Waals surface area contributed by atoms with E-state index in [0.29, 0.717) is 0 Å². The maximum Gasteiger partial charge on any atom is 0.326 e. The molecule has 0 aliphatic heterocycles. The molecular weight excluding hydrogens is 362 g/mol. The molecule has 1 atom stereocenters. The summed E-state index contributed by atoms with van der Waals surface area (Å²) >= 11 is 4.75. The first-order chi connectivity index (χ1) is 9.92. The number of carboxylic acid groups (broad SMARTS) is 1. The smallest absolute Gasteiger partial charge is 0.326 e. The lowest BCUT2D eigenvalue weighted by Gasteiger charge is -2.12. The number of nitrogens with one attached hydrogen (secondary N) is 1. The molecule has 1 heterocycles. The molecule has 2 N–H and O–H groups in total. The summed E-state index contributed by atoms with van der Waals surface area (Å²) in [7, 11) is 1.22. The van der Waals surface area contributed by atoms with Gasteiger partial charge < -0.3 is 15.2 Å². The fourth-order valence-electron chi connectivity index (χ4n) is 1.42. The second kappa shape index (κ2) is 8.58. The Morgan fingerprint density at radius 3 is 2.71 bits per heavy atom. The molecule has 1 aromatic heterocycles. The van der Waals surface area contributed by atoms with Gasteiger partial charge in [0, 0.05) is 17.4 Å². The fraction of sp³-hybridized carbons (Fsp3) is 0.308. The summed E-state index contributed by atoms with van der Waals surface area (Å²) in [6.07, 6.45) is 2.75. The van der Waals surface area contributed by atoms with Gasteiger partial charge in [-0.25, -0.2) is 4.79 Å². The lowest BCUT2D eigenvalue weighted by molar-refractivity contribution is -0.143. The number of aliphatic carboxylic acids is 1. The van der Waals surface area contributed by atoms with Crippen LogP contribution in [0.1, 0.15) is 17.7 Å². The van der Waals surface area contributed by atoms with Gasteiger partial charge in [-0.05, 0) is 40.6 Å². The zero-order valence-electron chi connectivity index (χ0n) is 11.2. The van der Waals surface area contributed by atoms with Gasteiger partial charge in [-0.15, -0.1) is 11.3 Å². The largest absolute Gasteiger partial charge is 0.480 e. The standard InChI is InChI=1S/C13H14BrNO5S/c1-20-12(17)7-4-9(13(18)19)15-11(16)6-3-8-2-5-10(14)21-8/h2-3,5-6,9H,4,7H2,1H3,(H,15,16)(H,18,19)/b6-3+. The van der Waals surface area contributed by atoms with Crippen molar-refractivity contribution < 1.29 is 24.2 Å². The summed E-state index contributed by atoms with van der Waals surface area (Å²) in [5, 5.41) is 11.3. The molecular formula is C13H14BrNO5S. The lowest BCUT2D eigenvalue weighted by atomic mass is 10.1. The molecule has 0 saturated carbocycles. The van der Waals surface area contributed by atoms with Gasteiger partial charge in [-0.1, -0.05) is 0 Å². The van der Waals surface area contributed by atoms with Crippen molar-refractivity contribution in [3.05, 3.63) is 26.9 Å². The van der Waals surface area contributed by atoms with Crippen molar-refractivity contribution in [2.24, 2.45) is 0 Å². The van der Waals surface area contributed by atoms with Crippen LogP contribution >= 0.6 is 27.3 Å². The van der Waals surface area contributed by atoms with Crippen LogP contribution in [0.5, 0.6) is 0 Å². The van der Waals surface area contributed by atoms with E-state index in [0.717, 1.165) is 8.66 Å². The third-order valence-corrected chi connectivity index (χ3v) is 4.06. The average molecular weight is 376 g/mol. The summed E-state index contributed by atoms with van der Waals surface area (Å²) in [5.74, 6) is -2.24. The van der Waals surface area contributed by atoms with E-state index in [4.69, 9.17) is 5.11 Å². The number of ether oxygens (including phenoxy) is 1. The van der Waals surface area contributed by atoms with E-state index >= 15 is 0 Å². The van der Waals surface area contributed by atoms with Crippen molar-refractivity contribution in [3.63, 3.8) is 0 Å². The lowest BCUT2D eigenvalue weighted by Crippen LogP contribution is -2.40. The number of carbonyl (C=O) groups excluding carboxylic acids is 2. The van der Waals surface area contributed by atoms with Crippen molar-refractivity contribution in [2.45, 2.75) is 18.9 Å². The van der Waals surface area contributed by atoms with E-state index in [1.54, 1.807) is 6.08 Å². The van der Waals surface area contributed by atoms with Crippen molar-refractivity contribution in [1.82, 2.24) is 5.32 Å². The van der Waals surface area contributed by atoms with E-state index in [1.807, 2.05) is 12.1 Å². The van der Waals surface area contributed by atoms with Gasteiger partial charge in [-0.3, -0.25) is 9.59 Å². The predicted octanol–water partition coefficient (Wildman–Crippen LogP) is 2.05. The molecule has 0 fully saturated rings. The van der Waals surface area contributed by atoms with E-state index in [2.05, 4.69) is 26.0 Å². The molecule has 21 heavy (non-hydrogen) atoms. The third-order valence-electron chi connectivity index (χ3n) is 2.47. The highest BCUT2D eigenvalue weighted by Gasteiger charge is 2.20. The van der Waals surface area contributed by atoms with Crippen LogP contribution in [0, 0.1) is 0 Å². The molecule has 1 rings (SSSR count). The van der Waals surface area contributed by atoms with Crippen LogP contribution in [0.2, 0.25) is 0 Å². The third kappa shape index (κ3) is 6.54. The molecule has 0 bridgehead atoms. The molecule has 0 saturated heterocycles. The number of rotatable bonds is 7. The Kier molecular flexibility index (Phi) is 7.10. The molecule has 1 unspecified atom stereocenters. The topological polar surface area (TPSA) is 92.7 Å². The minimum Gasteiger partial charge on any atom is -0.480 e. The van der Waals surface area contributed by atoms with Gasteiger partial charge in [0.25, 0.3) is 0 Å². The average Bonchev–Trinajstić information content (AvgIpc) is 2.86. The van der Waals surface area contributed by atoms with Crippen molar-refractivity contribution >= 4 is 51.2 Å². The van der Waals surface area contributed by atoms with Crippen LogP contribution in [0.4, 0.5) is 0 Å². The number of methoxy groups -OCH3 is 1. The highest BCUT2D eigenvalue weighted by Crippen LogP contribution is 2.22. The molecule has 6 nitrogen and oxygen atoms in total. The Morgan fingerprint density at radius 1 is 1.48 bits per heavy atom. The maximum absolute atomic E-state index is 11.7. The number of hydrogen-bond donors (Lipinski definition) is 2. The van der Waals surface area contributed by atoms with E-state index in [9.17, 15) is 14.4 Å². The van der Waals surface area contributed by atoms with Gasteiger partial charge in [-0.2, -0.15) is 0 Å². The van der Waals surface area contributed by atoms with Gasteiger partial charge in [0.1, 0.15) is 6.04 Å². The fourth-order valence-corrected chi connectivity index (χ4v) is 2.74. The van der Waals surface area contributed by atoms with Gasteiger partial charge in [0.15, 0.2) is 0 Å². The zero-order chi connectivity index (χ0) is 15.8. The summed E-state index contributed by atoms with van der Waals surface area (Å²) in [6, 6.07) is 2.54. The molecule has 114 valence electrons. The molecule has 0 aliphatic rings. The molecule has 0 spiro atoms. The van der Waals surface area contributed by atoms with Crippen molar-refractivity contribution in [3.8, 4) is 0 Å². The Labute approximate surface area is 133 Å². The Balaban J connectivity index is 2.54. The minimum atomic E-state index is -1.19. The van der Waals surface area contributed by atoms with Gasteiger partial charge >= 0.3 is 11.9 Å². The first-order valence-corrected chi connectivity index (χ1v) is 7.57. The molecule has 0 aliphatic carbocycles. The quantitative estimate of drug-likeness (QED) is 0.561. The monoisotopic (exact) mass is 375 g/mol. The van der Waals surface area contributed by atoms with Crippen molar-refractivity contribution in [1.29, 1.82) is 0 Å². The summed E-state index contributed by atoms with van der Waals surface area (Å²) in [4.78, 5) is 34.5. The highest BCUT2D eigenvalue weighted by molar-refractivity contribution is 9.11. The van der Waals surface area contributed by atoms with Crippen LogP contribution in [-0.4, -0.2) is 36.1 Å². The van der Waals surface area contributed by atoms with Crippen LogP contribution in [0.25, 0.3) is 6.08 Å². The second-order valence-electron chi connectivity index (χ2n) is 3.99. The molecule has 1 amide bonds. The second-order valence-corrected chi connectivity index (χ2v) is 6.48. The van der Waals surface area contributed by atoms with Crippen LogP contribution in [-0.2, 0) is 19.1 Å². The Hall–Kier alpha value is -1.67. The Bertz CT molecular complexity index is 555. The normalized spacial score (nSPS) is 12.1. The van der Waals surface area contributed by atoms with E-state index < -0.39 is 23.9 Å². The summed E-state index contributed by atoms with van der Waals surface area (Å²) in [6.45, 7) is 0. The van der Waals surface area contributed by atoms with Crippen LogP contribution in [0.15, 0.2) is 22.0 Å². The number of thiophene rings is 1. The van der Waals surface area contributed by atoms with Gasteiger partial charge in [0.2, 0.25) is 5.91 Å². The van der Waals surface area contributed by atoms with Gasteiger partial charge in [0.05, 0.1) is 10.9 Å². The summed E-state index contributed by atoms with van der Waals surface area (Å²) in [5.41, 5.74) is 0.